The molecule has 2 aromatic rings. The summed E-state index contributed by atoms with van der Waals surface area (Å²) in [6.45, 7) is 4.11. The van der Waals surface area contributed by atoms with Crippen LogP contribution >= 0.6 is 0 Å². The SMILES string of the molecule is Cc1cc(C)n(CC(=O)N(C)C(CCO)c2ccccc2)n1. The first-order valence-corrected chi connectivity index (χ1v) is 7.45. The zero-order valence-electron chi connectivity index (χ0n) is 13.4. The summed E-state index contributed by atoms with van der Waals surface area (Å²) < 4.78 is 1.72. The molecule has 0 aliphatic heterocycles. The lowest BCUT2D eigenvalue weighted by molar-refractivity contribution is -0.133. The van der Waals surface area contributed by atoms with Crippen LogP contribution < -0.4 is 0 Å². The van der Waals surface area contributed by atoms with Gasteiger partial charge in [0.25, 0.3) is 0 Å². The first-order chi connectivity index (χ1) is 10.5. The van der Waals surface area contributed by atoms with Gasteiger partial charge in [-0.2, -0.15) is 5.10 Å². The van der Waals surface area contributed by atoms with Gasteiger partial charge in [0.2, 0.25) is 5.91 Å². The largest absolute Gasteiger partial charge is 0.396 e. The van der Waals surface area contributed by atoms with Crippen LogP contribution in [0.4, 0.5) is 0 Å². The van der Waals surface area contributed by atoms with Crippen molar-refractivity contribution in [2.75, 3.05) is 13.7 Å². The van der Waals surface area contributed by atoms with E-state index in [1.165, 1.54) is 0 Å². The summed E-state index contributed by atoms with van der Waals surface area (Å²) in [6.07, 6.45) is 0.517. The summed E-state index contributed by atoms with van der Waals surface area (Å²) in [6, 6.07) is 11.6. The lowest BCUT2D eigenvalue weighted by Crippen LogP contribution is -2.34. The van der Waals surface area contributed by atoms with Crippen molar-refractivity contribution in [2.24, 2.45) is 0 Å². The normalized spacial score (nSPS) is 12.2. The summed E-state index contributed by atoms with van der Waals surface area (Å²) in [4.78, 5) is 14.2. The van der Waals surface area contributed by atoms with Crippen molar-refractivity contribution in [1.82, 2.24) is 14.7 Å². The molecule has 0 saturated heterocycles. The second kappa shape index (κ2) is 7.22. The number of aliphatic hydroxyl groups excluding tert-OH is 1. The average Bonchev–Trinajstić information content (AvgIpc) is 2.82. The maximum Gasteiger partial charge on any atom is 0.244 e. The van der Waals surface area contributed by atoms with Gasteiger partial charge in [0, 0.05) is 19.3 Å². The third kappa shape index (κ3) is 3.74. The third-order valence-corrected chi connectivity index (χ3v) is 3.84. The van der Waals surface area contributed by atoms with Crippen LogP contribution in [0.3, 0.4) is 0 Å². The van der Waals surface area contributed by atoms with Crippen LogP contribution in [0, 0.1) is 13.8 Å². The highest BCUT2D eigenvalue weighted by molar-refractivity contribution is 5.76. The Labute approximate surface area is 131 Å². The Kier molecular flexibility index (Phi) is 5.33. The van der Waals surface area contributed by atoms with Gasteiger partial charge in [-0.3, -0.25) is 9.48 Å². The van der Waals surface area contributed by atoms with E-state index in [4.69, 9.17) is 0 Å². The lowest BCUT2D eigenvalue weighted by Gasteiger charge is -2.28. The van der Waals surface area contributed by atoms with Crippen molar-refractivity contribution in [3.8, 4) is 0 Å². The monoisotopic (exact) mass is 301 g/mol. The van der Waals surface area contributed by atoms with E-state index in [-0.39, 0.29) is 25.1 Å². The number of rotatable bonds is 6. The van der Waals surface area contributed by atoms with Crippen LogP contribution in [0.1, 0.15) is 29.4 Å². The van der Waals surface area contributed by atoms with E-state index >= 15 is 0 Å². The molecule has 1 aromatic carbocycles. The van der Waals surface area contributed by atoms with Gasteiger partial charge in [-0.15, -0.1) is 0 Å². The molecule has 0 fully saturated rings. The Bertz CT molecular complexity index is 622. The number of aromatic nitrogens is 2. The molecular formula is C17H23N3O2. The smallest absolute Gasteiger partial charge is 0.244 e. The second-order valence-corrected chi connectivity index (χ2v) is 5.53. The zero-order valence-corrected chi connectivity index (χ0v) is 13.4. The number of aryl methyl sites for hydroxylation is 2. The number of hydrogen-bond acceptors (Lipinski definition) is 3. The number of nitrogens with zero attached hydrogens (tertiary/aromatic N) is 3. The number of benzene rings is 1. The predicted octanol–water partition coefficient (Wildman–Crippen LogP) is 2.08. The van der Waals surface area contributed by atoms with Gasteiger partial charge in [0.15, 0.2) is 0 Å². The first kappa shape index (κ1) is 16.2. The summed E-state index contributed by atoms with van der Waals surface area (Å²) in [5, 5.41) is 13.6. The van der Waals surface area contributed by atoms with Crippen LogP contribution in [0.25, 0.3) is 0 Å². The van der Waals surface area contributed by atoms with Crippen LogP contribution in [0.2, 0.25) is 0 Å². The van der Waals surface area contributed by atoms with Gasteiger partial charge in [-0.1, -0.05) is 30.3 Å². The van der Waals surface area contributed by atoms with Gasteiger partial charge in [0.05, 0.1) is 11.7 Å². The maximum atomic E-state index is 12.5. The Morgan fingerprint density at radius 3 is 2.55 bits per heavy atom. The van der Waals surface area contributed by atoms with Gasteiger partial charge >= 0.3 is 0 Å². The fourth-order valence-corrected chi connectivity index (χ4v) is 2.63. The molecule has 0 bridgehead atoms. The average molecular weight is 301 g/mol. The molecule has 1 heterocycles. The minimum atomic E-state index is -0.129. The lowest BCUT2D eigenvalue weighted by atomic mass is 10.0. The Hall–Kier alpha value is -2.14. The van der Waals surface area contributed by atoms with Crippen LogP contribution in [-0.2, 0) is 11.3 Å². The molecule has 1 atom stereocenters. The minimum absolute atomic E-state index is 0.0199. The molecule has 1 N–H and O–H groups in total. The quantitative estimate of drug-likeness (QED) is 0.888. The van der Waals surface area contributed by atoms with E-state index in [0.717, 1.165) is 17.0 Å². The highest BCUT2D eigenvalue weighted by atomic mass is 16.3. The molecule has 1 unspecified atom stereocenters. The van der Waals surface area contributed by atoms with Gasteiger partial charge in [-0.05, 0) is 31.9 Å². The Morgan fingerprint density at radius 2 is 2.00 bits per heavy atom. The summed E-state index contributed by atoms with van der Waals surface area (Å²) in [5.41, 5.74) is 2.90. The van der Waals surface area contributed by atoms with E-state index in [1.54, 1.807) is 16.6 Å². The Morgan fingerprint density at radius 1 is 1.32 bits per heavy atom. The molecular weight excluding hydrogens is 278 g/mol. The fourth-order valence-electron chi connectivity index (χ4n) is 2.63. The van der Waals surface area contributed by atoms with E-state index in [0.29, 0.717) is 6.42 Å². The molecule has 0 spiro atoms. The summed E-state index contributed by atoms with van der Waals surface area (Å²) >= 11 is 0. The molecule has 0 radical (unpaired) electrons. The van der Waals surface area contributed by atoms with Gasteiger partial charge in [-0.25, -0.2) is 0 Å². The summed E-state index contributed by atoms with van der Waals surface area (Å²) in [5.74, 6) is -0.0199. The topological polar surface area (TPSA) is 58.4 Å². The number of carbonyl (C=O) groups excluding carboxylic acids is 1. The molecule has 0 aliphatic carbocycles. The predicted molar refractivity (Wildman–Crippen MR) is 85.4 cm³/mol. The van der Waals surface area contributed by atoms with Crippen LogP contribution in [-0.4, -0.2) is 39.3 Å². The number of carbonyl (C=O) groups is 1. The third-order valence-electron chi connectivity index (χ3n) is 3.84. The second-order valence-electron chi connectivity index (χ2n) is 5.53. The van der Waals surface area contributed by atoms with E-state index in [2.05, 4.69) is 5.10 Å². The number of hydrogen-bond donors (Lipinski definition) is 1. The van der Waals surface area contributed by atoms with Crippen LogP contribution in [0.5, 0.6) is 0 Å². The number of likely N-dealkylation sites (N-methyl/N-ethyl adjacent to an activating group) is 1. The molecule has 5 heteroatoms. The number of aliphatic hydroxyl groups is 1. The zero-order chi connectivity index (χ0) is 16.1. The molecule has 2 rings (SSSR count). The van der Waals surface area contributed by atoms with Crippen molar-refractivity contribution in [3.05, 3.63) is 53.3 Å². The van der Waals surface area contributed by atoms with E-state index < -0.39 is 0 Å². The minimum Gasteiger partial charge on any atom is -0.396 e. The standard InChI is InChI=1S/C17H23N3O2/c1-13-11-14(2)20(18-13)12-17(22)19(3)16(9-10-21)15-7-5-4-6-8-15/h4-8,11,16,21H,9-10,12H2,1-3H3. The van der Waals surface area contributed by atoms with Crippen molar-refractivity contribution >= 4 is 5.91 Å². The van der Waals surface area contributed by atoms with E-state index in [9.17, 15) is 9.90 Å². The number of amides is 1. The van der Waals surface area contributed by atoms with Gasteiger partial charge < -0.3 is 10.0 Å². The van der Waals surface area contributed by atoms with Gasteiger partial charge in [0.1, 0.15) is 6.54 Å². The molecule has 1 amide bonds. The Balaban J connectivity index is 2.14. The maximum absolute atomic E-state index is 12.5. The molecule has 22 heavy (non-hydrogen) atoms. The van der Waals surface area contributed by atoms with Crippen molar-refractivity contribution in [3.63, 3.8) is 0 Å². The van der Waals surface area contributed by atoms with E-state index in [1.807, 2.05) is 50.2 Å². The molecule has 1 aromatic heterocycles. The molecule has 118 valence electrons. The molecule has 0 aliphatic rings. The van der Waals surface area contributed by atoms with Crippen molar-refractivity contribution < 1.29 is 9.90 Å². The highest BCUT2D eigenvalue weighted by Gasteiger charge is 2.22. The summed E-state index contributed by atoms with van der Waals surface area (Å²) in [7, 11) is 1.78. The van der Waals surface area contributed by atoms with Crippen molar-refractivity contribution in [2.45, 2.75) is 32.9 Å². The fraction of sp³-hybridized carbons (Fsp3) is 0.412. The molecule has 0 saturated carbocycles. The van der Waals surface area contributed by atoms with Crippen molar-refractivity contribution in [1.29, 1.82) is 0 Å². The highest BCUT2D eigenvalue weighted by Crippen LogP contribution is 2.23. The van der Waals surface area contributed by atoms with Crippen LogP contribution in [0.15, 0.2) is 36.4 Å². The molecule has 5 nitrogen and oxygen atoms in total. The first-order valence-electron chi connectivity index (χ1n) is 7.45.